The maximum absolute atomic E-state index is 13.1. The van der Waals surface area contributed by atoms with Gasteiger partial charge in [-0.1, -0.05) is 12.1 Å². The lowest BCUT2D eigenvalue weighted by molar-refractivity contribution is 0.626. The van der Waals surface area contributed by atoms with Gasteiger partial charge in [-0.2, -0.15) is 0 Å². The second kappa shape index (κ2) is 5.31. The van der Waals surface area contributed by atoms with Crippen LogP contribution in [-0.4, -0.2) is 16.1 Å². The van der Waals surface area contributed by atoms with Gasteiger partial charge in [-0.25, -0.2) is 9.37 Å². The molecule has 1 aromatic heterocycles. The standard InChI is InChI=1S/C14H18FN3/c1-10-13(17-14(6-7-16)18(10)2)9-11-4-3-5-12(15)8-11/h3-5,8H,6-7,9,16H2,1-2H3. The molecule has 0 bridgehead atoms. The van der Waals surface area contributed by atoms with E-state index >= 15 is 0 Å². The summed E-state index contributed by atoms with van der Waals surface area (Å²) >= 11 is 0. The van der Waals surface area contributed by atoms with Crippen molar-refractivity contribution in [3.63, 3.8) is 0 Å². The predicted octanol–water partition coefficient (Wildman–Crippen LogP) is 1.96. The number of rotatable bonds is 4. The summed E-state index contributed by atoms with van der Waals surface area (Å²) in [5.41, 5.74) is 8.60. The molecular formula is C14H18FN3. The molecule has 2 aromatic rings. The highest BCUT2D eigenvalue weighted by molar-refractivity contribution is 5.26. The lowest BCUT2D eigenvalue weighted by Gasteiger charge is -2.02. The van der Waals surface area contributed by atoms with E-state index in [-0.39, 0.29) is 5.82 Å². The van der Waals surface area contributed by atoms with Gasteiger partial charge < -0.3 is 10.3 Å². The van der Waals surface area contributed by atoms with Gasteiger partial charge in [-0.05, 0) is 31.2 Å². The normalized spacial score (nSPS) is 10.9. The van der Waals surface area contributed by atoms with Gasteiger partial charge in [0.25, 0.3) is 0 Å². The molecule has 1 aromatic carbocycles. The maximum Gasteiger partial charge on any atom is 0.123 e. The maximum atomic E-state index is 13.1. The van der Waals surface area contributed by atoms with Crippen LogP contribution in [0.3, 0.4) is 0 Å². The first-order valence-electron chi connectivity index (χ1n) is 6.07. The zero-order chi connectivity index (χ0) is 13.1. The minimum Gasteiger partial charge on any atom is -0.335 e. The topological polar surface area (TPSA) is 43.8 Å². The Morgan fingerprint density at radius 3 is 2.83 bits per heavy atom. The van der Waals surface area contributed by atoms with E-state index in [1.54, 1.807) is 12.1 Å². The van der Waals surface area contributed by atoms with Gasteiger partial charge in [0.2, 0.25) is 0 Å². The van der Waals surface area contributed by atoms with Crippen LogP contribution in [0.4, 0.5) is 4.39 Å². The van der Waals surface area contributed by atoms with E-state index in [9.17, 15) is 4.39 Å². The molecule has 0 atom stereocenters. The molecule has 0 aliphatic carbocycles. The van der Waals surface area contributed by atoms with E-state index in [4.69, 9.17) is 5.73 Å². The highest BCUT2D eigenvalue weighted by Crippen LogP contribution is 2.15. The second-order valence-electron chi connectivity index (χ2n) is 4.46. The Kier molecular flexibility index (Phi) is 3.77. The monoisotopic (exact) mass is 247 g/mol. The van der Waals surface area contributed by atoms with Gasteiger partial charge in [-0.15, -0.1) is 0 Å². The summed E-state index contributed by atoms with van der Waals surface area (Å²) < 4.78 is 15.2. The van der Waals surface area contributed by atoms with E-state index in [0.29, 0.717) is 13.0 Å². The van der Waals surface area contributed by atoms with Crippen molar-refractivity contribution in [2.24, 2.45) is 12.8 Å². The minimum absolute atomic E-state index is 0.205. The third kappa shape index (κ3) is 2.59. The molecule has 0 saturated heterocycles. The van der Waals surface area contributed by atoms with Crippen LogP contribution < -0.4 is 5.73 Å². The van der Waals surface area contributed by atoms with Crippen LogP contribution in [-0.2, 0) is 19.9 Å². The van der Waals surface area contributed by atoms with Crippen LogP contribution in [0.1, 0.15) is 22.8 Å². The van der Waals surface area contributed by atoms with Crippen LogP contribution in [0.2, 0.25) is 0 Å². The van der Waals surface area contributed by atoms with Gasteiger partial charge >= 0.3 is 0 Å². The van der Waals surface area contributed by atoms with Crippen molar-refractivity contribution in [1.29, 1.82) is 0 Å². The molecule has 0 spiro atoms. The Morgan fingerprint density at radius 1 is 1.39 bits per heavy atom. The van der Waals surface area contributed by atoms with Crippen LogP contribution >= 0.6 is 0 Å². The number of hydrogen-bond acceptors (Lipinski definition) is 2. The Labute approximate surface area is 106 Å². The number of nitrogens with zero attached hydrogens (tertiary/aromatic N) is 2. The van der Waals surface area contributed by atoms with Gasteiger partial charge in [0.15, 0.2) is 0 Å². The highest BCUT2D eigenvalue weighted by atomic mass is 19.1. The number of imidazole rings is 1. The fraction of sp³-hybridized carbons (Fsp3) is 0.357. The largest absolute Gasteiger partial charge is 0.335 e. The summed E-state index contributed by atoms with van der Waals surface area (Å²) in [5, 5.41) is 0. The molecule has 3 nitrogen and oxygen atoms in total. The Hall–Kier alpha value is -1.68. The van der Waals surface area contributed by atoms with Crippen molar-refractivity contribution in [3.8, 4) is 0 Å². The van der Waals surface area contributed by atoms with Crippen molar-refractivity contribution in [2.75, 3.05) is 6.54 Å². The molecule has 96 valence electrons. The fourth-order valence-corrected chi connectivity index (χ4v) is 2.06. The fourth-order valence-electron chi connectivity index (χ4n) is 2.06. The molecule has 0 saturated carbocycles. The Morgan fingerprint density at radius 2 is 2.17 bits per heavy atom. The van der Waals surface area contributed by atoms with Crippen LogP contribution in [0.15, 0.2) is 24.3 Å². The molecule has 0 fully saturated rings. The zero-order valence-electron chi connectivity index (χ0n) is 10.8. The molecule has 4 heteroatoms. The molecule has 0 aliphatic heterocycles. The Balaban J connectivity index is 2.26. The van der Waals surface area contributed by atoms with E-state index in [0.717, 1.165) is 29.2 Å². The third-order valence-corrected chi connectivity index (χ3v) is 3.20. The first kappa shape index (κ1) is 12.8. The number of nitrogens with two attached hydrogens (primary N) is 1. The van der Waals surface area contributed by atoms with Crippen LogP contribution in [0.5, 0.6) is 0 Å². The van der Waals surface area contributed by atoms with E-state index in [2.05, 4.69) is 9.55 Å². The number of halogens is 1. The summed E-state index contributed by atoms with van der Waals surface area (Å²) in [5.74, 6) is 0.782. The lowest BCUT2D eigenvalue weighted by Crippen LogP contribution is -2.08. The highest BCUT2D eigenvalue weighted by Gasteiger charge is 2.11. The van der Waals surface area contributed by atoms with Crippen molar-refractivity contribution in [2.45, 2.75) is 19.8 Å². The van der Waals surface area contributed by atoms with E-state index in [1.165, 1.54) is 6.07 Å². The van der Waals surface area contributed by atoms with Crippen molar-refractivity contribution >= 4 is 0 Å². The van der Waals surface area contributed by atoms with Crippen molar-refractivity contribution < 1.29 is 4.39 Å². The molecule has 18 heavy (non-hydrogen) atoms. The number of hydrogen-bond donors (Lipinski definition) is 1. The quantitative estimate of drug-likeness (QED) is 0.897. The molecule has 0 unspecified atom stereocenters. The molecule has 0 amide bonds. The van der Waals surface area contributed by atoms with Crippen LogP contribution in [0.25, 0.3) is 0 Å². The first-order chi connectivity index (χ1) is 8.61. The molecule has 2 rings (SSSR count). The molecule has 2 N–H and O–H groups in total. The Bertz CT molecular complexity index is 546. The second-order valence-corrected chi connectivity index (χ2v) is 4.46. The van der Waals surface area contributed by atoms with Gasteiger partial charge in [0.05, 0.1) is 5.69 Å². The SMILES string of the molecule is Cc1c(Cc2cccc(F)c2)nc(CCN)n1C. The smallest absolute Gasteiger partial charge is 0.123 e. The summed E-state index contributed by atoms with van der Waals surface area (Å²) in [6.07, 6.45) is 1.42. The number of benzene rings is 1. The van der Waals surface area contributed by atoms with E-state index in [1.807, 2.05) is 20.0 Å². The zero-order valence-corrected chi connectivity index (χ0v) is 10.8. The predicted molar refractivity (Wildman–Crippen MR) is 69.9 cm³/mol. The van der Waals surface area contributed by atoms with Crippen molar-refractivity contribution in [3.05, 3.63) is 52.9 Å². The summed E-state index contributed by atoms with van der Waals surface area (Å²) in [6, 6.07) is 6.65. The third-order valence-electron chi connectivity index (χ3n) is 3.20. The average Bonchev–Trinajstić information content (AvgIpc) is 2.59. The van der Waals surface area contributed by atoms with Crippen molar-refractivity contribution in [1.82, 2.24) is 9.55 Å². The van der Waals surface area contributed by atoms with Gasteiger partial charge in [-0.3, -0.25) is 0 Å². The summed E-state index contributed by atoms with van der Waals surface area (Å²) in [7, 11) is 1.99. The molecular weight excluding hydrogens is 229 g/mol. The summed E-state index contributed by atoms with van der Waals surface area (Å²) in [4.78, 5) is 4.58. The average molecular weight is 247 g/mol. The summed E-state index contributed by atoms with van der Waals surface area (Å²) in [6.45, 7) is 2.62. The van der Waals surface area contributed by atoms with Gasteiger partial charge in [0, 0.05) is 25.6 Å². The van der Waals surface area contributed by atoms with E-state index < -0.39 is 0 Å². The minimum atomic E-state index is -0.205. The number of aromatic nitrogens is 2. The first-order valence-corrected chi connectivity index (χ1v) is 6.07. The molecule has 0 aliphatic rings. The molecule has 0 radical (unpaired) electrons. The van der Waals surface area contributed by atoms with Crippen LogP contribution in [0, 0.1) is 12.7 Å². The van der Waals surface area contributed by atoms with Gasteiger partial charge in [0.1, 0.15) is 11.6 Å². The molecule has 1 heterocycles. The lowest BCUT2D eigenvalue weighted by atomic mass is 10.1.